The van der Waals surface area contributed by atoms with Gasteiger partial charge in [0.15, 0.2) is 0 Å². The van der Waals surface area contributed by atoms with Gasteiger partial charge in [-0.15, -0.1) is 0 Å². The summed E-state index contributed by atoms with van der Waals surface area (Å²) in [5.74, 6) is -0.467. The lowest BCUT2D eigenvalue weighted by molar-refractivity contribution is -0.118. The molecule has 1 aromatic heterocycles. The number of pyridine rings is 1. The first-order valence-corrected chi connectivity index (χ1v) is 6.93. The maximum absolute atomic E-state index is 13.3. The molecule has 1 atom stereocenters. The van der Waals surface area contributed by atoms with E-state index in [0.29, 0.717) is 18.0 Å². The Hall–Kier alpha value is -2.63. The molecule has 0 radical (unpaired) electrons. The second kappa shape index (κ2) is 6.89. The lowest BCUT2D eigenvalue weighted by Crippen LogP contribution is -2.31. The molecule has 6 heteroatoms. The average molecular weight is 304 g/mol. The van der Waals surface area contributed by atoms with Crippen LogP contribution in [-0.2, 0) is 4.79 Å². The largest absolute Gasteiger partial charge is 0.492 e. The molecule has 0 aliphatic carbocycles. The van der Waals surface area contributed by atoms with Gasteiger partial charge in [-0.25, -0.2) is 4.39 Å². The van der Waals surface area contributed by atoms with E-state index in [1.54, 1.807) is 24.3 Å². The molecule has 0 bridgehead atoms. The third-order valence-electron chi connectivity index (χ3n) is 3.14. The highest BCUT2D eigenvalue weighted by atomic mass is 19.1. The average Bonchev–Trinajstić information content (AvgIpc) is 2.51. The highest BCUT2D eigenvalue weighted by molar-refractivity contribution is 5.94. The molecule has 116 valence electrons. The lowest BCUT2D eigenvalue weighted by atomic mass is 10.2. The van der Waals surface area contributed by atoms with E-state index >= 15 is 0 Å². The number of carbonyl (C=O) groups is 1. The second-order valence-corrected chi connectivity index (χ2v) is 4.69. The van der Waals surface area contributed by atoms with Crippen LogP contribution in [0.15, 0.2) is 47.4 Å². The molecule has 2 aromatic rings. The Morgan fingerprint density at radius 3 is 2.77 bits per heavy atom. The van der Waals surface area contributed by atoms with Crippen LogP contribution < -0.4 is 15.6 Å². The van der Waals surface area contributed by atoms with Crippen LogP contribution in [0.3, 0.4) is 0 Å². The monoisotopic (exact) mass is 304 g/mol. The van der Waals surface area contributed by atoms with Crippen LogP contribution in [0.2, 0.25) is 0 Å². The summed E-state index contributed by atoms with van der Waals surface area (Å²) in [6, 6.07) is 8.29. The normalized spacial score (nSPS) is 11.8. The fourth-order valence-corrected chi connectivity index (χ4v) is 1.99. The smallest absolute Gasteiger partial charge is 0.251 e. The number of halogens is 1. The van der Waals surface area contributed by atoms with Gasteiger partial charge in [0.25, 0.3) is 5.56 Å². The van der Waals surface area contributed by atoms with E-state index in [-0.39, 0.29) is 0 Å². The van der Waals surface area contributed by atoms with Gasteiger partial charge in [0, 0.05) is 12.3 Å². The number of benzene rings is 1. The van der Waals surface area contributed by atoms with Crippen molar-refractivity contribution in [3.8, 4) is 5.75 Å². The number of nitrogens with zero attached hydrogens (tertiary/aromatic N) is 1. The molecular formula is C16H17FN2O3. The number of hydrogen-bond donors (Lipinski definition) is 1. The van der Waals surface area contributed by atoms with Crippen LogP contribution in [0.4, 0.5) is 10.1 Å². The van der Waals surface area contributed by atoms with Crippen molar-refractivity contribution >= 4 is 11.6 Å². The van der Waals surface area contributed by atoms with Gasteiger partial charge in [-0.1, -0.05) is 12.1 Å². The zero-order chi connectivity index (χ0) is 16.1. The van der Waals surface area contributed by atoms with Gasteiger partial charge in [-0.2, -0.15) is 0 Å². The third-order valence-corrected chi connectivity index (χ3v) is 3.14. The fourth-order valence-electron chi connectivity index (χ4n) is 1.99. The SMILES string of the molecule is CCOc1ccccc1NC(=O)C(C)n1cc(F)ccc1=O. The number of aromatic nitrogens is 1. The third kappa shape index (κ3) is 3.52. The van der Waals surface area contributed by atoms with Crippen molar-refractivity contribution in [1.82, 2.24) is 4.57 Å². The summed E-state index contributed by atoms with van der Waals surface area (Å²) in [5, 5.41) is 2.69. The molecular weight excluding hydrogens is 287 g/mol. The van der Waals surface area contributed by atoms with E-state index in [1.165, 1.54) is 6.92 Å². The first-order valence-electron chi connectivity index (χ1n) is 6.93. The Bertz CT molecular complexity index is 727. The molecule has 0 spiro atoms. The van der Waals surface area contributed by atoms with E-state index in [9.17, 15) is 14.0 Å². The molecule has 0 saturated carbocycles. The highest BCUT2D eigenvalue weighted by Gasteiger charge is 2.18. The summed E-state index contributed by atoms with van der Waals surface area (Å²) in [6.45, 7) is 3.83. The number of hydrogen-bond acceptors (Lipinski definition) is 3. The number of anilines is 1. The summed E-state index contributed by atoms with van der Waals surface area (Å²) in [5.41, 5.74) is 0.0628. The molecule has 2 rings (SSSR count). The van der Waals surface area contributed by atoms with Crippen molar-refractivity contribution in [2.24, 2.45) is 0 Å². The van der Waals surface area contributed by atoms with Gasteiger partial charge in [-0.3, -0.25) is 9.59 Å². The predicted octanol–water partition coefficient (Wildman–Crippen LogP) is 2.59. The van der Waals surface area contributed by atoms with Crippen molar-refractivity contribution in [3.63, 3.8) is 0 Å². The number of ether oxygens (including phenoxy) is 1. The van der Waals surface area contributed by atoms with Gasteiger partial charge in [0.2, 0.25) is 5.91 Å². The minimum Gasteiger partial charge on any atom is -0.492 e. The van der Waals surface area contributed by atoms with Crippen LogP contribution >= 0.6 is 0 Å². The molecule has 0 fully saturated rings. The second-order valence-electron chi connectivity index (χ2n) is 4.69. The molecule has 5 nitrogen and oxygen atoms in total. The molecule has 1 amide bonds. The zero-order valence-electron chi connectivity index (χ0n) is 12.4. The van der Waals surface area contributed by atoms with Crippen molar-refractivity contribution in [2.75, 3.05) is 11.9 Å². The van der Waals surface area contributed by atoms with Gasteiger partial charge >= 0.3 is 0 Å². The molecule has 1 heterocycles. The quantitative estimate of drug-likeness (QED) is 0.923. The van der Waals surface area contributed by atoms with Crippen molar-refractivity contribution in [2.45, 2.75) is 19.9 Å². The summed E-state index contributed by atoms with van der Waals surface area (Å²) < 4.78 is 19.7. The fraction of sp³-hybridized carbons (Fsp3) is 0.250. The van der Waals surface area contributed by atoms with E-state index in [1.807, 2.05) is 6.92 Å². The van der Waals surface area contributed by atoms with Crippen molar-refractivity contribution in [1.29, 1.82) is 0 Å². The van der Waals surface area contributed by atoms with Gasteiger partial charge in [0.05, 0.1) is 12.3 Å². The molecule has 0 saturated heterocycles. The van der Waals surface area contributed by atoms with E-state index in [2.05, 4.69) is 5.32 Å². The Morgan fingerprint density at radius 2 is 2.05 bits per heavy atom. The summed E-state index contributed by atoms with van der Waals surface area (Å²) in [7, 11) is 0. The maximum atomic E-state index is 13.3. The van der Waals surface area contributed by atoms with Crippen LogP contribution in [0.1, 0.15) is 19.9 Å². The summed E-state index contributed by atoms with van der Waals surface area (Å²) >= 11 is 0. The molecule has 1 unspecified atom stereocenters. The molecule has 0 aliphatic rings. The Balaban J connectivity index is 2.22. The van der Waals surface area contributed by atoms with E-state index < -0.39 is 23.3 Å². The Kier molecular flexibility index (Phi) is 4.93. The summed E-state index contributed by atoms with van der Waals surface area (Å²) in [4.78, 5) is 24.0. The maximum Gasteiger partial charge on any atom is 0.251 e. The van der Waals surface area contributed by atoms with Crippen LogP contribution in [0, 0.1) is 5.82 Å². The van der Waals surface area contributed by atoms with Crippen molar-refractivity contribution < 1.29 is 13.9 Å². The van der Waals surface area contributed by atoms with E-state index in [4.69, 9.17) is 4.74 Å². The lowest BCUT2D eigenvalue weighted by Gasteiger charge is -2.16. The predicted molar refractivity (Wildman–Crippen MR) is 81.6 cm³/mol. The Labute approximate surface area is 127 Å². The minimum atomic E-state index is -0.849. The topological polar surface area (TPSA) is 60.3 Å². The highest BCUT2D eigenvalue weighted by Crippen LogP contribution is 2.24. The first-order chi connectivity index (χ1) is 10.5. The minimum absolute atomic E-state index is 0.431. The standard InChI is InChI=1S/C16H17FN2O3/c1-3-22-14-7-5-4-6-13(14)18-16(21)11(2)19-10-12(17)8-9-15(19)20/h4-11H,3H2,1-2H3,(H,18,21). The van der Waals surface area contributed by atoms with Gasteiger partial charge in [-0.05, 0) is 32.0 Å². The Morgan fingerprint density at radius 1 is 1.32 bits per heavy atom. The van der Waals surface area contributed by atoms with Crippen molar-refractivity contribution in [3.05, 3.63) is 58.8 Å². The van der Waals surface area contributed by atoms with Gasteiger partial charge in [0.1, 0.15) is 17.6 Å². The van der Waals surface area contributed by atoms with E-state index in [0.717, 1.165) is 22.9 Å². The van der Waals surface area contributed by atoms with Crippen LogP contribution in [-0.4, -0.2) is 17.1 Å². The number of carbonyl (C=O) groups excluding carboxylic acids is 1. The molecule has 1 aromatic carbocycles. The molecule has 22 heavy (non-hydrogen) atoms. The zero-order valence-corrected chi connectivity index (χ0v) is 12.4. The molecule has 0 aliphatic heterocycles. The van der Waals surface area contributed by atoms with Crippen LogP contribution in [0.5, 0.6) is 5.75 Å². The first kappa shape index (κ1) is 15.8. The molecule has 1 N–H and O–H groups in total. The number of amides is 1. The number of rotatable bonds is 5. The summed E-state index contributed by atoms with van der Waals surface area (Å²) in [6.07, 6.45) is 1.01. The van der Waals surface area contributed by atoms with Crippen LogP contribution in [0.25, 0.3) is 0 Å². The van der Waals surface area contributed by atoms with Gasteiger partial charge < -0.3 is 14.6 Å². The number of para-hydroxylation sites is 2. The number of nitrogens with one attached hydrogen (secondary N) is 1.